The van der Waals surface area contributed by atoms with Gasteiger partial charge in [0.1, 0.15) is 17.9 Å². The minimum atomic E-state index is -0.587. The van der Waals surface area contributed by atoms with Gasteiger partial charge < -0.3 is 15.2 Å². The largest absolute Gasteiger partial charge is 0.493 e. The minimum Gasteiger partial charge on any atom is -0.493 e. The highest BCUT2D eigenvalue weighted by Crippen LogP contribution is 2.29. The maximum atomic E-state index is 10.4. The topological polar surface area (TPSA) is 67.3 Å². The van der Waals surface area contributed by atoms with Crippen LogP contribution >= 0.6 is 11.3 Å². The lowest BCUT2D eigenvalue weighted by Crippen LogP contribution is -2.13. The molecule has 0 amide bonds. The zero-order valence-electron chi connectivity index (χ0n) is 11.8. The van der Waals surface area contributed by atoms with Crippen LogP contribution in [0, 0.1) is 0 Å². The van der Waals surface area contributed by atoms with E-state index in [1.165, 1.54) is 11.9 Å². The molecule has 0 fully saturated rings. The van der Waals surface area contributed by atoms with Gasteiger partial charge in [0.2, 0.25) is 0 Å². The molecular weight excluding hydrogens is 298 g/mol. The summed E-state index contributed by atoms with van der Waals surface area (Å²) in [6, 6.07) is 7.83. The third-order valence-electron chi connectivity index (χ3n) is 3.80. The van der Waals surface area contributed by atoms with Crippen LogP contribution in [-0.4, -0.2) is 28.2 Å². The Morgan fingerprint density at radius 1 is 1.32 bits per heavy atom. The number of hydrogen-bond donors (Lipinski definition) is 2. The molecule has 2 N–H and O–H groups in total. The van der Waals surface area contributed by atoms with E-state index in [1.807, 2.05) is 29.6 Å². The van der Waals surface area contributed by atoms with Gasteiger partial charge in [0.25, 0.3) is 0 Å². The standard InChI is InChI=1S/C16H15N3O2S/c20-13(10-1-2-14-11(7-10)3-5-21-14)8-17-16-15-12(4-6-22-15)18-9-19-16/h1-2,4,6-7,9,13,20H,3,5,8H2,(H,17,18,19). The van der Waals surface area contributed by atoms with Gasteiger partial charge in [-0.25, -0.2) is 9.97 Å². The summed E-state index contributed by atoms with van der Waals surface area (Å²) in [6.07, 6.45) is 1.86. The van der Waals surface area contributed by atoms with Crippen molar-refractivity contribution >= 4 is 27.4 Å². The van der Waals surface area contributed by atoms with E-state index in [9.17, 15) is 5.11 Å². The summed E-state index contributed by atoms with van der Waals surface area (Å²) in [5.41, 5.74) is 2.99. The Bertz CT molecular complexity index is 818. The average Bonchev–Trinajstić information content (AvgIpc) is 3.20. The lowest BCUT2D eigenvalue weighted by molar-refractivity contribution is 0.191. The van der Waals surface area contributed by atoms with Crippen molar-refractivity contribution in [3.05, 3.63) is 47.1 Å². The number of aromatic nitrogens is 2. The van der Waals surface area contributed by atoms with Gasteiger partial charge in [0, 0.05) is 13.0 Å². The van der Waals surface area contributed by atoms with Gasteiger partial charge in [-0.1, -0.05) is 6.07 Å². The Kier molecular flexibility index (Phi) is 3.40. The molecule has 1 aliphatic heterocycles. The van der Waals surface area contributed by atoms with E-state index in [2.05, 4.69) is 15.3 Å². The molecular formula is C16H15N3O2S. The smallest absolute Gasteiger partial charge is 0.147 e. The fourth-order valence-corrected chi connectivity index (χ4v) is 3.45. The zero-order chi connectivity index (χ0) is 14.9. The van der Waals surface area contributed by atoms with Crippen molar-refractivity contribution in [3.8, 4) is 5.75 Å². The first kappa shape index (κ1) is 13.5. The summed E-state index contributed by atoms with van der Waals surface area (Å²) in [5.74, 6) is 1.70. The lowest BCUT2D eigenvalue weighted by atomic mass is 10.0. The monoisotopic (exact) mass is 313 g/mol. The molecule has 4 rings (SSSR count). The molecule has 1 atom stereocenters. The van der Waals surface area contributed by atoms with Crippen molar-refractivity contribution in [1.82, 2.24) is 9.97 Å². The average molecular weight is 313 g/mol. The van der Waals surface area contributed by atoms with Gasteiger partial charge in [-0.15, -0.1) is 11.3 Å². The molecule has 1 aliphatic rings. The predicted molar refractivity (Wildman–Crippen MR) is 86.5 cm³/mol. The van der Waals surface area contributed by atoms with Crippen molar-refractivity contribution in [3.63, 3.8) is 0 Å². The van der Waals surface area contributed by atoms with E-state index < -0.39 is 6.10 Å². The zero-order valence-corrected chi connectivity index (χ0v) is 12.6. The van der Waals surface area contributed by atoms with Crippen LogP contribution in [0.1, 0.15) is 17.2 Å². The fourth-order valence-electron chi connectivity index (χ4n) is 2.64. The summed E-state index contributed by atoms with van der Waals surface area (Å²) in [5, 5.41) is 15.6. The van der Waals surface area contributed by atoms with Crippen molar-refractivity contribution in [2.45, 2.75) is 12.5 Å². The highest BCUT2D eigenvalue weighted by molar-refractivity contribution is 7.17. The minimum absolute atomic E-state index is 0.406. The second-order valence-electron chi connectivity index (χ2n) is 5.22. The van der Waals surface area contributed by atoms with Gasteiger partial charge in [0.15, 0.2) is 0 Å². The first-order chi connectivity index (χ1) is 10.8. The number of aliphatic hydroxyl groups excluding tert-OH is 1. The molecule has 22 heavy (non-hydrogen) atoms. The van der Waals surface area contributed by atoms with Crippen molar-refractivity contribution in [2.24, 2.45) is 0 Å². The van der Waals surface area contributed by atoms with Crippen LogP contribution in [0.25, 0.3) is 10.2 Å². The highest BCUT2D eigenvalue weighted by Gasteiger charge is 2.16. The summed E-state index contributed by atoms with van der Waals surface area (Å²) < 4.78 is 6.50. The molecule has 5 nitrogen and oxygen atoms in total. The molecule has 2 aromatic heterocycles. The molecule has 0 aliphatic carbocycles. The van der Waals surface area contributed by atoms with Gasteiger partial charge in [0.05, 0.1) is 22.9 Å². The Morgan fingerprint density at radius 3 is 3.23 bits per heavy atom. The van der Waals surface area contributed by atoms with Crippen molar-refractivity contribution in [2.75, 3.05) is 18.5 Å². The Morgan fingerprint density at radius 2 is 2.27 bits per heavy atom. The second kappa shape index (κ2) is 5.55. The molecule has 0 saturated heterocycles. The van der Waals surface area contributed by atoms with Gasteiger partial charge in [-0.3, -0.25) is 0 Å². The SMILES string of the molecule is OC(CNc1ncnc2ccsc12)c1ccc2c(c1)CCO2. The van der Waals surface area contributed by atoms with Crippen molar-refractivity contribution < 1.29 is 9.84 Å². The fraction of sp³-hybridized carbons (Fsp3) is 0.250. The van der Waals surface area contributed by atoms with Crippen LogP contribution in [0.3, 0.4) is 0 Å². The van der Waals surface area contributed by atoms with E-state index in [4.69, 9.17) is 4.74 Å². The summed E-state index contributed by atoms with van der Waals surface area (Å²) in [6.45, 7) is 1.13. The van der Waals surface area contributed by atoms with Gasteiger partial charge >= 0.3 is 0 Å². The number of ether oxygens (including phenoxy) is 1. The van der Waals surface area contributed by atoms with E-state index in [-0.39, 0.29) is 0 Å². The number of aliphatic hydroxyl groups is 1. The first-order valence-electron chi connectivity index (χ1n) is 7.17. The van der Waals surface area contributed by atoms with Gasteiger partial charge in [-0.05, 0) is 34.7 Å². The van der Waals surface area contributed by atoms with Gasteiger partial charge in [-0.2, -0.15) is 0 Å². The lowest BCUT2D eigenvalue weighted by Gasteiger charge is -2.14. The Labute approximate surface area is 131 Å². The molecule has 0 saturated carbocycles. The number of thiophene rings is 1. The molecule has 3 heterocycles. The van der Waals surface area contributed by atoms with Crippen LogP contribution in [-0.2, 0) is 6.42 Å². The van der Waals surface area contributed by atoms with Crippen molar-refractivity contribution in [1.29, 1.82) is 0 Å². The van der Waals surface area contributed by atoms with Crippen LogP contribution in [0.15, 0.2) is 36.0 Å². The van der Waals surface area contributed by atoms with Crippen LogP contribution in [0.2, 0.25) is 0 Å². The number of rotatable bonds is 4. The van der Waals surface area contributed by atoms with E-state index in [0.29, 0.717) is 6.54 Å². The molecule has 0 radical (unpaired) electrons. The molecule has 3 aromatic rings. The van der Waals surface area contributed by atoms with E-state index in [0.717, 1.165) is 40.4 Å². The summed E-state index contributed by atoms with van der Waals surface area (Å²) >= 11 is 1.59. The van der Waals surface area contributed by atoms with E-state index >= 15 is 0 Å². The third kappa shape index (κ3) is 2.40. The number of anilines is 1. The quantitative estimate of drug-likeness (QED) is 0.775. The van der Waals surface area contributed by atoms with E-state index in [1.54, 1.807) is 11.3 Å². The van der Waals surface area contributed by atoms with Crippen LogP contribution < -0.4 is 10.1 Å². The normalized spacial score (nSPS) is 14.6. The molecule has 0 spiro atoms. The maximum absolute atomic E-state index is 10.4. The Balaban J connectivity index is 1.50. The number of nitrogens with one attached hydrogen (secondary N) is 1. The molecule has 6 heteroatoms. The van der Waals surface area contributed by atoms with Crippen LogP contribution in [0.5, 0.6) is 5.75 Å². The number of hydrogen-bond acceptors (Lipinski definition) is 6. The molecule has 1 unspecified atom stereocenters. The number of nitrogens with zero attached hydrogens (tertiary/aromatic N) is 2. The van der Waals surface area contributed by atoms with Crippen LogP contribution in [0.4, 0.5) is 5.82 Å². The molecule has 0 bridgehead atoms. The summed E-state index contributed by atoms with van der Waals surface area (Å²) in [4.78, 5) is 8.47. The predicted octanol–water partition coefficient (Wildman–Crippen LogP) is 2.77. The maximum Gasteiger partial charge on any atom is 0.147 e. The highest BCUT2D eigenvalue weighted by atomic mass is 32.1. The molecule has 112 valence electrons. The first-order valence-corrected chi connectivity index (χ1v) is 8.05. The number of fused-ring (bicyclic) bond motifs is 2. The Hall–Kier alpha value is -2.18. The second-order valence-corrected chi connectivity index (χ2v) is 6.14. The number of benzene rings is 1. The third-order valence-corrected chi connectivity index (χ3v) is 4.71. The molecule has 1 aromatic carbocycles. The summed E-state index contributed by atoms with van der Waals surface area (Å²) in [7, 11) is 0.